The van der Waals surface area contributed by atoms with Crippen LogP contribution in [0.2, 0.25) is 0 Å². The van der Waals surface area contributed by atoms with Gasteiger partial charge in [0.05, 0.1) is 17.7 Å². The van der Waals surface area contributed by atoms with Crippen LogP contribution in [0.4, 0.5) is 0 Å². The molecule has 0 aliphatic carbocycles. The summed E-state index contributed by atoms with van der Waals surface area (Å²) in [7, 11) is 1.54. The molecule has 2 aromatic carbocycles. The van der Waals surface area contributed by atoms with Crippen LogP contribution in [0.15, 0.2) is 46.9 Å². The molecule has 0 aromatic heterocycles. The van der Waals surface area contributed by atoms with Gasteiger partial charge in [0, 0.05) is 11.1 Å². The van der Waals surface area contributed by atoms with Gasteiger partial charge in [0.15, 0.2) is 5.11 Å². The summed E-state index contributed by atoms with van der Waals surface area (Å²) < 4.78 is 11.5. The predicted molar refractivity (Wildman–Crippen MR) is 118 cm³/mol. The van der Waals surface area contributed by atoms with Crippen LogP contribution in [-0.4, -0.2) is 30.1 Å². The summed E-state index contributed by atoms with van der Waals surface area (Å²) in [4.78, 5) is 24.6. The van der Waals surface area contributed by atoms with Crippen LogP contribution in [-0.2, 0) is 0 Å². The Bertz CT molecular complexity index is 907. The number of carbonyl (C=O) groups excluding carboxylic acids is 2. The SMILES string of the molecule is CCC(C)Oc1cccc(C(=O)NC(=S)NNC(=O)c2ccc(OC)c(Br)c2)c1. The molecule has 154 valence electrons. The molecule has 1 atom stereocenters. The van der Waals surface area contributed by atoms with Gasteiger partial charge in [0.25, 0.3) is 11.8 Å². The number of nitrogens with one attached hydrogen (secondary N) is 3. The standard InChI is InChI=1S/C20H22BrN3O4S/c1-4-12(2)28-15-7-5-6-13(10-15)18(25)22-20(29)24-23-19(26)14-8-9-17(27-3)16(21)11-14/h5-12H,4H2,1-3H3,(H,23,26)(H2,22,24,25,29). The third-order valence-electron chi connectivity index (χ3n) is 3.94. The van der Waals surface area contributed by atoms with E-state index >= 15 is 0 Å². The quantitative estimate of drug-likeness (QED) is 0.433. The molecule has 0 aliphatic heterocycles. The van der Waals surface area contributed by atoms with E-state index in [0.29, 0.717) is 27.1 Å². The number of amides is 2. The zero-order chi connectivity index (χ0) is 21.4. The molecule has 7 nitrogen and oxygen atoms in total. The van der Waals surface area contributed by atoms with Crippen LogP contribution in [0.25, 0.3) is 0 Å². The first kappa shape index (κ1) is 22.6. The van der Waals surface area contributed by atoms with Crippen molar-refractivity contribution in [3.63, 3.8) is 0 Å². The molecule has 0 fully saturated rings. The molecule has 0 saturated heterocycles. The van der Waals surface area contributed by atoms with E-state index in [2.05, 4.69) is 32.1 Å². The highest BCUT2D eigenvalue weighted by molar-refractivity contribution is 9.10. The summed E-state index contributed by atoms with van der Waals surface area (Å²) >= 11 is 8.39. The van der Waals surface area contributed by atoms with Crippen molar-refractivity contribution in [3.05, 3.63) is 58.1 Å². The minimum atomic E-state index is -0.422. The first-order valence-electron chi connectivity index (χ1n) is 8.86. The summed E-state index contributed by atoms with van der Waals surface area (Å²) in [6.45, 7) is 3.97. The third-order valence-corrected chi connectivity index (χ3v) is 4.76. The van der Waals surface area contributed by atoms with Gasteiger partial charge in [-0.1, -0.05) is 13.0 Å². The number of rotatable bonds is 6. The van der Waals surface area contributed by atoms with Crippen molar-refractivity contribution in [1.82, 2.24) is 16.2 Å². The number of methoxy groups -OCH3 is 1. The second-order valence-corrected chi connectivity index (χ2v) is 7.34. The van der Waals surface area contributed by atoms with Crippen LogP contribution in [0, 0.1) is 0 Å². The number of carbonyl (C=O) groups is 2. The second kappa shape index (κ2) is 10.8. The molecule has 0 bridgehead atoms. The van der Waals surface area contributed by atoms with E-state index in [4.69, 9.17) is 21.7 Å². The summed E-state index contributed by atoms with van der Waals surface area (Å²) in [5, 5.41) is 2.47. The van der Waals surface area contributed by atoms with Gasteiger partial charge < -0.3 is 9.47 Å². The highest BCUT2D eigenvalue weighted by Gasteiger charge is 2.12. The van der Waals surface area contributed by atoms with Crippen molar-refractivity contribution in [2.24, 2.45) is 0 Å². The smallest absolute Gasteiger partial charge is 0.269 e. The van der Waals surface area contributed by atoms with Crippen LogP contribution in [0.5, 0.6) is 11.5 Å². The van der Waals surface area contributed by atoms with Gasteiger partial charge in [-0.15, -0.1) is 0 Å². The molecule has 0 spiro atoms. The lowest BCUT2D eigenvalue weighted by Gasteiger charge is -2.14. The van der Waals surface area contributed by atoms with Crippen molar-refractivity contribution in [1.29, 1.82) is 0 Å². The van der Waals surface area contributed by atoms with E-state index in [0.717, 1.165) is 6.42 Å². The molecule has 0 radical (unpaired) electrons. The van der Waals surface area contributed by atoms with E-state index in [1.807, 2.05) is 13.8 Å². The van der Waals surface area contributed by atoms with E-state index < -0.39 is 11.8 Å². The Kier molecular flexibility index (Phi) is 8.41. The maximum absolute atomic E-state index is 12.4. The van der Waals surface area contributed by atoms with Gasteiger partial charge in [-0.2, -0.15) is 0 Å². The van der Waals surface area contributed by atoms with Crippen molar-refractivity contribution >= 4 is 45.1 Å². The Morgan fingerprint density at radius 1 is 1.10 bits per heavy atom. The predicted octanol–water partition coefficient (Wildman–Crippen LogP) is 3.58. The fourth-order valence-electron chi connectivity index (χ4n) is 2.23. The Morgan fingerprint density at radius 2 is 1.83 bits per heavy atom. The van der Waals surface area contributed by atoms with Gasteiger partial charge in [0.1, 0.15) is 11.5 Å². The normalized spacial score (nSPS) is 11.2. The van der Waals surface area contributed by atoms with Crippen molar-refractivity contribution < 1.29 is 19.1 Å². The van der Waals surface area contributed by atoms with Crippen molar-refractivity contribution in [2.75, 3.05) is 7.11 Å². The fourth-order valence-corrected chi connectivity index (χ4v) is 2.91. The minimum absolute atomic E-state index is 0.0378. The number of benzene rings is 2. The lowest BCUT2D eigenvalue weighted by molar-refractivity contribution is 0.0934. The highest BCUT2D eigenvalue weighted by atomic mass is 79.9. The molecular weight excluding hydrogens is 458 g/mol. The Labute approximate surface area is 183 Å². The van der Waals surface area contributed by atoms with Crippen molar-refractivity contribution in [2.45, 2.75) is 26.4 Å². The van der Waals surface area contributed by atoms with Gasteiger partial charge in [-0.25, -0.2) is 0 Å². The molecule has 2 amide bonds. The van der Waals surface area contributed by atoms with E-state index in [1.165, 1.54) is 7.11 Å². The molecule has 0 heterocycles. The van der Waals surface area contributed by atoms with Gasteiger partial charge >= 0.3 is 0 Å². The van der Waals surface area contributed by atoms with Crippen molar-refractivity contribution in [3.8, 4) is 11.5 Å². The maximum atomic E-state index is 12.4. The van der Waals surface area contributed by atoms with Crippen LogP contribution in [0.3, 0.4) is 0 Å². The molecule has 0 aliphatic rings. The molecular formula is C20H22BrN3O4S. The molecule has 1 unspecified atom stereocenters. The van der Waals surface area contributed by atoms with E-state index in [9.17, 15) is 9.59 Å². The molecule has 2 aromatic rings. The average molecular weight is 480 g/mol. The molecule has 29 heavy (non-hydrogen) atoms. The number of halogens is 1. The zero-order valence-corrected chi connectivity index (χ0v) is 18.6. The topological polar surface area (TPSA) is 88.7 Å². The van der Waals surface area contributed by atoms with Crippen LogP contribution in [0.1, 0.15) is 41.0 Å². The molecule has 3 N–H and O–H groups in total. The van der Waals surface area contributed by atoms with Gasteiger partial charge in [-0.05, 0) is 77.9 Å². The third kappa shape index (κ3) is 6.72. The number of thiocarbonyl (C=S) groups is 1. The molecule has 2 rings (SSSR count). The van der Waals surface area contributed by atoms with Gasteiger partial charge in [-0.3, -0.25) is 25.8 Å². The number of ether oxygens (including phenoxy) is 2. The first-order valence-corrected chi connectivity index (χ1v) is 10.1. The van der Waals surface area contributed by atoms with E-state index in [1.54, 1.807) is 42.5 Å². The fraction of sp³-hybridized carbons (Fsp3) is 0.250. The van der Waals surface area contributed by atoms with Crippen LogP contribution >= 0.6 is 28.1 Å². The monoisotopic (exact) mass is 479 g/mol. The average Bonchev–Trinajstić information content (AvgIpc) is 2.71. The van der Waals surface area contributed by atoms with Gasteiger partial charge in [0.2, 0.25) is 0 Å². The zero-order valence-electron chi connectivity index (χ0n) is 16.2. The Morgan fingerprint density at radius 3 is 2.48 bits per heavy atom. The van der Waals surface area contributed by atoms with Crippen LogP contribution < -0.4 is 25.6 Å². The second-order valence-electron chi connectivity index (χ2n) is 6.08. The molecule has 0 saturated carbocycles. The molecule has 9 heteroatoms. The first-order chi connectivity index (χ1) is 13.8. The largest absolute Gasteiger partial charge is 0.496 e. The van der Waals surface area contributed by atoms with E-state index in [-0.39, 0.29) is 11.2 Å². The summed E-state index contributed by atoms with van der Waals surface area (Å²) in [5.74, 6) is 0.369. The number of hydrogen-bond donors (Lipinski definition) is 3. The summed E-state index contributed by atoms with van der Waals surface area (Å²) in [5.41, 5.74) is 5.71. The highest BCUT2D eigenvalue weighted by Crippen LogP contribution is 2.25. The Balaban J connectivity index is 1.90. The number of hydrogen-bond acceptors (Lipinski definition) is 5. The summed E-state index contributed by atoms with van der Waals surface area (Å²) in [6.07, 6.45) is 0.902. The lowest BCUT2D eigenvalue weighted by Crippen LogP contribution is -2.48. The lowest BCUT2D eigenvalue weighted by atomic mass is 10.2. The number of hydrazine groups is 1. The maximum Gasteiger partial charge on any atom is 0.269 e. The Hall–Kier alpha value is -2.65. The summed E-state index contributed by atoms with van der Waals surface area (Å²) in [6, 6.07) is 11.7. The minimum Gasteiger partial charge on any atom is -0.496 e.